The van der Waals surface area contributed by atoms with Crippen LogP contribution in [0.1, 0.15) is 0 Å². The van der Waals surface area contributed by atoms with Crippen molar-refractivity contribution in [2.45, 2.75) is 5.03 Å². The topological polar surface area (TPSA) is 99.1 Å². The van der Waals surface area contributed by atoms with Gasteiger partial charge in [0, 0.05) is 12.0 Å². The molecule has 0 aliphatic carbocycles. The second kappa shape index (κ2) is 4.71. The second-order valence-electron chi connectivity index (χ2n) is 3.10. The van der Waals surface area contributed by atoms with Gasteiger partial charge in [-0.3, -0.25) is 0 Å². The van der Waals surface area contributed by atoms with Gasteiger partial charge in [-0.15, -0.1) is 11.8 Å². The first-order valence-corrected chi connectivity index (χ1v) is 7.25. The Bertz CT molecular complexity index is 445. The number of hydrogen-bond acceptors (Lipinski definition) is 6. The summed E-state index contributed by atoms with van der Waals surface area (Å²) in [6.45, 7) is 0. The number of nitrogen functional groups attached to an aromatic ring is 2. The summed E-state index contributed by atoms with van der Waals surface area (Å²) in [5.74, 6) is 0.873. The van der Waals surface area contributed by atoms with Crippen LogP contribution in [0.2, 0.25) is 0 Å². The SMILES string of the molecule is CS(=O)(=O)CCSc1ccc(N)c(N)n1. The number of nitrogens with two attached hydrogens (primary N) is 2. The number of anilines is 2. The third-order valence-electron chi connectivity index (χ3n) is 1.64. The molecular formula is C8H13N3O2S2. The van der Waals surface area contributed by atoms with Crippen molar-refractivity contribution in [2.24, 2.45) is 0 Å². The van der Waals surface area contributed by atoms with Gasteiger partial charge in [0.25, 0.3) is 0 Å². The Morgan fingerprint density at radius 3 is 2.60 bits per heavy atom. The Morgan fingerprint density at radius 2 is 2.07 bits per heavy atom. The number of rotatable bonds is 4. The molecule has 0 amide bonds. The van der Waals surface area contributed by atoms with E-state index in [0.29, 0.717) is 16.5 Å². The fourth-order valence-electron chi connectivity index (χ4n) is 0.845. The summed E-state index contributed by atoms with van der Waals surface area (Å²) in [7, 11) is -2.92. The molecule has 0 radical (unpaired) electrons. The lowest BCUT2D eigenvalue weighted by molar-refractivity contribution is 0.603. The van der Waals surface area contributed by atoms with Crippen molar-refractivity contribution in [3.63, 3.8) is 0 Å². The summed E-state index contributed by atoms with van der Waals surface area (Å²) in [4.78, 5) is 4.01. The molecule has 1 aromatic rings. The molecule has 84 valence electrons. The molecule has 15 heavy (non-hydrogen) atoms. The predicted molar refractivity (Wildman–Crippen MR) is 63.5 cm³/mol. The van der Waals surface area contributed by atoms with Crippen LogP contribution < -0.4 is 11.5 Å². The number of aromatic nitrogens is 1. The minimum atomic E-state index is -2.92. The number of nitrogens with zero attached hydrogens (tertiary/aromatic N) is 1. The van der Waals surface area contributed by atoms with Gasteiger partial charge in [0.2, 0.25) is 0 Å². The van der Waals surface area contributed by atoms with E-state index in [1.165, 1.54) is 18.0 Å². The normalized spacial score (nSPS) is 11.5. The van der Waals surface area contributed by atoms with E-state index in [0.717, 1.165) is 0 Å². The van der Waals surface area contributed by atoms with Crippen molar-refractivity contribution in [3.8, 4) is 0 Å². The molecule has 0 aromatic carbocycles. The lowest BCUT2D eigenvalue weighted by Gasteiger charge is -2.03. The zero-order valence-electron chi connectivity index (χ0n) is 8.30. The maximum atomic E-state index is 10.9. The summed E-state index contributed by atoms with van der Waals surface area (Å²) >= 11 is 1.34. The van der Waals surface area contributed by atoms with Crippen LogP contribution in [0.3, 0.4) is 0 Å². The van der Waals surface area contributed by atoms with Crippen molar-refractivity contribution >= 4 is 33.1 Å². The van der Waals surface area contributed by atoms with Gasteiger partial charge < -0.3 is 11.5 Å². The van der Waals surface area contributed by atoms with Gasteiger partial charge in [-0.05, 0) is 12.1 Å². The van der Waals surface area contributed by atoms with Gasteiger partial charge in [-0.25, -0.2) is 13.4 Å². The maximum absolute atomic E-state index is 10.9. The smallest absolute Gasteiger partial charge is 0.148 e. The maximum Gasteiger partial charge on any atom is 0.148 e. The Labute approximate surface area is 93.2 Å². The molecule has 0 saturated heterocycles. The lowest BCUT2D eigenvalue weighted by Crippen LogP contribution is -2.05. The summed E-state index contributed by atoms with van der Waals surface area (Å²) in [5, 5.41) is 0.686. The highest BCUT2D eigenvalue weighted by molar-refractivity contribution is 8.00. The molecule has 0 atom stereocenters. The highest BCUT2D eigenvalue weighted by Gasteiger charge is 2.04. The first-order valence-electron chi connectivity index (χ1n) is 4.21. The molecule has 0 aliphatic rings. The first kappa shape index (κ1) is 12.1. The van der Waals surface area contributed by atoms with E-state index in [1.807, 2.05) is 0 Å². The molecule has 0 fully saturated rings. The monoisotopic (exact) mass is 247 g/mol. The fourth-order valence-corrected chi connectivity index (χ4v) is 2.93. The van der Waals surface area contributed by atoms with Crippen molar-refractivity contribution in [2.75, 3.05) is 29.2 Å². The van der Waals surface area contributed by atoms with Crippen LogP contribution in [-0.2, 0) is 9.84 Å². The average Bonchev–Trinajstić information content (AvgIpc) is 2.09. The van der Waals surface area contributed by atoms with Crippen molar-refractivity contribution in [3.05, 3.63) is 12.1 Å². The van der Waals surface area contributed by atoms with E-state index in [4.69, 9.17) is 11.5 Å². The van der Waals surface area contributed by atoms with Crippen molar-refractivity contribution in [1.29, 1.82) is 0 Å². The molecule has 1 heterocycles. The Kier molecular flexibility index (Phi) is 3.81. The van der Waals surface area contributed by atoms with Gasteiger partial charge >= 0.3 is 0 Å². The van der Waals surface area contributed by atoms with E-state index in [-0.39, 0.29) is 11.6 Å². The van der Waals surface area contributed by atoms with Crippen LogP contribution in [0.15, 0.2) is 17.2 Å². The molecule has 5 nitrogen and oxygen atoms in total. The zero-order valence-corrected chi connectivity index (χ0v) is 9.94. The van der Waals surface area contributed by atoms with Crippen LogP contribution in [0.25, 0.3) is 0 Å². The third-order valence-corrected chi connectivity index (χ3v) is 3.77. The van der Waals surface area contributed by atoms with E-state index < -0.39 is 9.84 Å². The highest BCUT2D eigenvalue weighted by Crippen LogP contribution is 2.20. The zero-order chi connectivity index (χ0) is 11.5. The van der Waals surface area contributed by atoms with Gasteiger partial charge in [0.1, 0.15) is 15.7 Å². The van der Waals surface area contributed by atoms with Gasteiger partial charge in [0.15, 0.2) is 0 Å². The van der Waals surface area contributed by atoms with Crippen LogP contribution in [0.5, 0.6) is 0 Å². The quantitative estimate of drug-likeness (QED) is 0.746. The summed E-state index contributed by atoms with van der Waals surface area (Å²) < 4.78 is 21.7. The van der Waals surface area contributed by atoms with Crippen molar-refractivity contribution < 1.29 is 8.42 Å². The van der Waals surface area contributed by atoms with Gasteiger partial charge in [-0.2, -0.15) is 0 Å². The minimum absolute atomic E-state index is 0.129. The molecule has 0 spiro atoms. The van der Waals surface area contributed by atoms with Crippen LogP contribution in [0.4, 0.5) is 11.5 Å². The molecule has 4 N–H and O–H groups in total. The second-order valence-corrected chi connectivity index (χ2v) is 6.48. The van der Waals surface area contributed by atoms with Crippen molar-refractivity contribution in [1.82, 2.24) is 4.98 Å². The standard InChI is InChI=1S/C8H13N3O2S2/c1-15(12,13)5-4-14-7-3-2-6(9)8(10)11-7/h2-3H,4-5,9H2,1H3,(H2,10,11). The lowest BCUT2D eigenvalue weighted by atomic mass is 10.4. The molecule has 0 saturated carbocycles. The number of pyridine rings is 1. The number of sulfone groups is 1. The Balaban J connectivity index is 2.55. The van der Waals surface area contributed by atoms with Crippen LogP contribution in [-0.4, -0.2) is 31.2 Å². The molecular weight excluding hydrogens is 234 g/mol. The first-order chi connectivity index (χ1) is 6.88. The van der Waals surface area contributed by atoms with Crippen LogP contribution in [0, 0.1) is 0 Å². The average molecular weight is 247 g/mol. The predicted octanol–water partition coefficient (Wildman–Crippen LogP) is 0.383. The number of thioether (sulfide) groups is 1. The van der Waals surface area contributed by atoms with Gasteiger partial charge in [0.05, 0.1) is 16.5 Å². The highest BCUT2D eigenvalue weighted by atomic mass is 32.2. The van der Waals surface area contributed by atoms with E-state index in [9.17, 15) is 8.42 Å². The largest absolute Gasteiger partial charge is 0.396 e. The van der Waals surface area contributed by atoms with E-state index >= 15 is 0 Å². The summed E-state index contributed by atoms with van der Waals surface area (Å²) in [5.41, 5.74) is 11.4. The third kappa shape index (κ3) is 4.39. The Morgan fingerprint density at radius 1 is 1.40 bits per heavy atom. The fraction of sp³-hybridized carbons (Fsp3) is 0.375. The van der Waals surface area contributed by atoms with Crippen LogP contribution >= 0.6 is 11.8 Å². The molecule has 1 rings (SSSR count). The molecule has 0 bridgehead atoms. The van der Waals surface area contributed by atoms with E-state index in [1.54, 1.807) is 12.1 Å². The minimum Gasteiger partial charge on any atom is -0.396 e. The summed E-state index contributed by atoms with van der Waals surface area (Å²) in [6, 6.07) is 3.38. The molecule has 1 aromatic heterocycles. The molecule has 0 aliphatic heterocycles. The van der Waals surface area contributed by atoms with Gasteiger partial charge in [-0.1, -0.05) is 0 Å². The molecule has 0 unspecified atom stereocenters. The Hall–Kier alpha value is -0.950. The van der Waals surface area contributed by atoms with E-state index in [2.05, 4.69) is 4.98 Å². The number of hydrogen-bond donors (Lipinski definition) is 2. The summed E-state index contributed by atoms with van der Waals surface area (Å²) in [6.07, 6.45) is 1.21. The molecule has 7 heteroatoms.